The molecule has 0 bridgehead atoms. The number of rotatable bonds is 8. The van der Waals surface area contributed by atoms with E-state index in [1.165, 1.54) is 18.9 Å². The fourth-order valence-corrected chi connectivity index (χ4v) is 2.59. The summed E-state index contributed by atoms with van der Waals surface area (Å²) in [5.41, 5.74) is 0.862. The summed E-state index contributed by atoms with van der Waals surface area (Å²) in [6.07, 6.45) is 8.06. The topological polar surface area (TPSA) is 78.3 Å². The number of nitrogens with one attached hydrogen (secondary N) is 1. The van der Waals surface area contributed by atoms with E-state index in [1.54, 1.807) is 32.7 Å². The van der Waals surface area contributed by atoms with Gasteiger partial charge in [0.2, 0.25) is 5.91 Å². The molecule has 132 valence electrons. The van der Waals surface area contributed by atoms with Crippen molar-refractivity contribution in [3.63, 3.8) is 0 Å². The van der Waals surface area contributed by atoms with Gasteiger partial charge in [0.1, 0.15) is 12.2 Å². The molecule has 1 aromatic heterocycles. The van der Waals surface area contributed by atoms with Gasteiger partial charge >= 0.3 is 0 Å². The fourth-order valence-electron chi connectivity index (χ4n) is 2.59. The molecular formula is C18H22N4O3. The number of hydrogen-bond acceptors (Lipinski definition) is 5. The van der Waals surface area contributed by atoms with Gasteiger partial charge in [-0.05, 0) is 36.6 Å². The molecule has 25 heavy (non-hydrogen) atoms. The number of aromatic nitrogens is 3. The quantitative estimate of drug-likeness (QED) is 0.743. The zero-order chi connectivity index (χ0) is 17.6. The Morgan fingerprint density at radius 3 is 2.84 bits per heavy atom. The SMILES string of the molecule is COc1ccc(C=CC(=O)NCCc2nncn2C2CC2)cc1OC. The molecule has 1 aromatic carbocycles. The average Bonchev–Trinajstić information content (AvgIpc) is 3.38. The van der Waals surface area contributed by atoms with Crippen molar-refractivity contribution in [2.75, 3.05) is 20.8 Å². The highest BCUT2D eigenvalue weighted by Gasteiger charge is 2.25. The average molecular weight is 342 g/mol. The molecule has 0 aliphatic heterocycles. The van der Waals surface area contributed by atoms with Crippen LogP contribution in [0.5, 0.6) is 11.5 Å². The molecule has 0 radical (unpaired) electrons. The number of nitrogens with zero attached hydrogens (tertiary/aromatic N) is 3. The summed E-state index contributed by atoms with van der Waals surface area (Å²) >= 11 is 0. The molecule has 3 rings (SSSR count). The van der Waals surface area contributed by atoms with Crippen molar-refractivity contribution < 1.29 is 14.3 Å². The molecule has 1 heterocycles. The monoisotopic (exact) mass is 342 g/mol. The molecule has 1 saturated carbocycles. The minimum absolute atomic E-state index is 0.146. The van der Waals surface area contributed by atoms with Gasteiger partial charge < -0.3 is 19.4 Å². The molecule has 0 spiro atoms. The van der Waals surface area contributed by atoms with E-state index in [4.69, 9.17) is 9.47 Å². The second kappa shape index (κ2) is 7.83. The van der Waals surface area contributed by atoms with E-state index < -0.39 is 0 Å². The van der Waals surface area contributed by atoms with Crippen LogP contribution in [-0.2, 0) is 11.2 Å². The maximum atomic E-state index is 12.0. The first kappa shape index (κ1) is 17.0. The van der Waals surface area contributed by atoms with Gasteiger partial charge in [-0.3, -0.25) is 4.79 Å². The number of hydrogen-bond donors (Lipinski definition) is 1. The van der Waals surface area contributed by atoms with Crippen LogP contribution in [-0.4, -0.2) is 41.4 Å². The van der Waals surface area contributed by atoms with Crippen LogP contribution in [0.2, 0.25) is 0 Å². The number of carbonyl (C=O) groups excluding carboxylic acids is 1. The predicted octanol–water partition coefficient (Wildman–Crippen LogP) is 2.00. The van der Waals surface area contributed by atoms with Crippen LogP contribution < -0.4 is 14.8 Å². The lowest BCUT2D eigenvalue weighted by molar-refractivity contribution is -0.116. The molecule has 1 aliphatic carbocycles. The van der Waals surface area contributed by atoms with Gasteiger partial charge in [0.15, 0.2) is 11.5 Å². The van der Waals surface area contributed by atoms with Gasteiger partial charge in [0, 0.05) is 25.1 Å². The normalized spacial score (nSPS) is 13.8. The minimum atomic E-state index is -0.146. The third-order valence-corrected chi connectivity index (χ3v) is 4.07. The highest BCUT2D eigenvalue weighted by molar-refractivity contribution is 5.91. The molecule has 2 aromatic rings. The Morgan fingerprint density at radius 1 is 1.32 bits per heavy atom. The third-order valence-electron chi connectivity index (χ3n) is 4.07. The van der Waals surface area contributed by atoms with E-state index in [1.807, 2.05) is 12.1 Å². The minimum Gasteiger partial charge on any atom is -0.493 e. The molecule has 0 saturated heterocycles. The highest BCUT2D eigenvalue weighted by atomic mass is 16.5. The molecule has 1 fully saturated rings. The molecule has 7 heteroatoms. The Hall–Kier alpha value is -2.83. The largest absolute Gasteiger partial charge is 0.493 e. The van der Waals surface area contributed by atoms with Gasteiger partial charge in [-0.25, -0.2) is 0 Å². The second-order valence-corrected chi connectivity index (χ2v) is 5.87. The maximum absolute atomic E-state index is 12.0. The lowest BCUT2D eigenvalue weighted by Crippen LogP contribution is -2.24. The van der Waals surface area contributed by atoms with Crippen LogP contribution in [0.15, 0.2) is 30.6 Å². The Balaban J connectivity index is 1.50. The van der Waals surface area contributed by atoms with E-state index in [-0.39, 0.29) is 5.91 Å². The van der Waals surface area contributed by atoms with Crippen LogP contribution in [0, 0.1) is 0 Å². The Labute approximate surface area is 146 Å². The van der Waals surface area contributed by atoms with Crippen molar-refractivity contribution in [3.05, 3.63) is 42.0 Å². The lowest BCUT2D eigenvalue weighted by Gasteiger charge is -2.07. The number of methoxy groups -OCH3 is 2. The van der Waals surface area contributed by atoms with Crippen LogP contribution >= 0.6 is 0 Å². The third kappa shape index (κ3) is 4.37. The zero-order valence-corrected chi connectivity index (χ0v) is 14.4. The van der Waals surface area contributed by atoms with E-state index >= 15 is 0 Å². The first-order chi connectivity index (χ1) is 12.2. The predicted molar refractivity (Wildman–Crippen MR) is 93.6 cm³/mol. The first-order valence-corrected chi connectivity index (χ1v) is 8.27. The van der Waals surface area contributed by atoms with E-state index in [0.29, 0.717) is 30.5 Å². The summed E-state index contributed by atoms with van der Waals surface area (Å²) in [5.74, 6) is 2.06. The Morgan fingerprint density at radius 2 is 2.12 bits per heavy atom. The van der Waals surface area contributed by atoms with Crippen molar-refractivity contribution in [1.82, 2.24) is 20.1 Å². The van der Waals surface area contributed by atoms with Crippen molar-refractivity contribution in [2.24, 2.45) is 0 Å². The van der Waals surface area contributed by atoms with E-state index in [0.717, 1.165) is 11.4 Å². The lowest BCUT2D eigenvalue weighted by atomic mass is 10.2. The zero-order valence-electron chi connectivity index (χ0n) is 14.4. The highest BCUT2D eigenvalue weighted by Crippen LogP contribution is 2.35. The van der Waals surface area contributed by atoms with Crippen molar-refractivity contribution in [2.45, 2.75) is 25.3 Å². The number of amides is 1. The van der Waals surface area contributed by atoms with Gasteiger partial charge in [-0.15, -0.1) is 10.2 Å². The summed E-state index contributed by atoms with van der Waals surface area (Å²) < 4.78 is 12.5. The van der Waals surface area contributed by atoms with Gasteiger partial charge in [-0.1, -0.05) is 6.07 Å². The van der Waals surface area contributed by atoms with Gasteiger partial charge in [0.25, 0.3) is 0 Å². The number of ether oxygens (including phenoxy) is 2. The molecule has 1 aliphatic rings. The summed E-state index contributed by atoms with van der Waals surface area (Å²) in [6, 6.07) is 6.04. The smallest absolute Gasteiger partial charge is 0.244 e. The van der Waals surface area contributed by atoms with Crippen LogP contribution in [0.1, 0.15) is 30.3 Å². The summed E-state index contributed by atoms with van der Waals surface area (Å²) in [6.45, 7) is 0.528. The van der Waals surface area contributed by atoms with Crippen molar-refractivity contribution in [3.8, 4) is 11.5 Å². The fraction of sp³-hybridized carbons (Fsp3) is 0.389. The van der Waals surface area contributed by atoms with Crippen molar-refractivity contribution in [1.29, 1.82) is 0 Å². The molecule has 0 atom stereocenters. The van der Waals surface area contributed by atoms with Crippen LogP contribution in [0.25, 0.3) is 6.08 Å². The van der Waals surface area contributed by atoms with Crippen molar-refractivity contribution >= 4 is 12.0 Å². The Bertz CT molecular complexity index is 765. The molecular weight excluding hydrogens is 320 g/mol. The summed E-state index contributed by atoms with van der Waals surface area (Å²) in [7, 11) is 3.17. The number of carbonyl (C=O) groups is 1. The summed E-state index contributed by atoms with van der Waals surface area (Å²) in [4.78, 5) is 12.0. The first-order valence-electron chi connectivity index (χ1n) is 8.27. The van der Waals surface area contributed by atoms with E-state index in [2.05, 4.69) is 20.1 Å². The standard InChI is InChI=1S/C18H22N4O3/c1-24-15-7-3-13(11-16(15)25-2)4-8-18(23)19-10-9-17-21-20-12-22(17)14-5-6-14/h3-4,7-8,11-12,14H,5-6,9-10H2,1-2H3,(H,19,23). The molecule has 0 unspecified atom stereocenters. The molecule has 1 amide bonds. The van der Waals surface area contributed by atoms with Gasteiger partial charge in [-0.2, -0.15) is 0 Å². The number of benzene rings is 1. The van der Waals surface area contributed by atoms with Crippen LogP contribution in [0.3, 0.4) is 0 Å². The Kier molecular flexibility index (Phi) is 5.33. The maximum Gasteiger partial charge on any atom is 0.244 e. The van der Waals surface area contributed by atoms with Crippen LogP contribution in [0.4, 0.5) is 0 Å². The molecule has 7 nitrogen and oxygen atoms in total. The van der Waals surface area contributed by atoms with E-state index in [9.17, 15) is 4.79 Å². The van der Waals surface area contributed by atoms with Gasteiger partial charge in [0.05, 0.1) is 14.2 Å². The second-order valence-electron chi connectivity index (χ2n) is 5.87. The molecule has 1 N–H and O–H groups in total. The summed E-state index contributed by atoms with van der Waals surface area (Å²) in [5, 5.41) is 10.9.